The molecule has 4 rings (SSSR count). The van der Waals surface area contributed by atoms with Crippen LogP contribution in [-0.2, 0) is 16.8 Å². The first-order chi connectivity index (χ1) is 16.3. The number of benzene rings is 2. The molecule has 2 heterocycles. The van der Waals surface area contributed by atoms with E-state index in [-0.39, 0.29) is 18.4 Å². The summed E-state index contributed by atoms with van der Waals surface area (Å²) in [6.07, 6.45) is 2.76. The van der Waals surface area contributed by atoms with E-state index in [9.17, 15) is 14.9 Å². The monoisotopic (exact) mass is 478 g/mol. The fourth-order valence-corrected chi connectivity index (χ4v) is 4.76. The van der Waals surface area contributed by atoms with E-state index in [1.54, 1.807) is 49.0 Å². The van der Waals surface area contributed by atoms with Gasteiger partial charge in [-0.1, -0.05) is 35.9 Å². The van der Waals surface area contributed by atoms with E-state index in [0.29, 0.717) is 42.3 Å². The van der Waals surface area contributed by atoms with Gasteiger partial charge in [0.05, 0.1) is 29.7 Å². The van der Waals surface area contributed by atoms with Crippen molar-refractivity contribution in [3.8, 4) is 11.8 Å². The zero-order valence-electron chi connectivity index (χ0n) is 19.5. The molecule has 1 saturated heterocycles. The SMILES string of the molecule is COc1ccccc1C1(C#N)CCN(C(=O)c2cn(CC(=O)N(C)C)c3cc(Cl)ccc23)CC1. The van der Waals surface area contributed by atoms with E-state index in [0.717, 1.165) is 16.5 Å². The molecule has 2 amide bonds. The van der Waals surface area contributed by atoms with Gasteiger partial charge in [-0.2, -0.15) is 5.26 Å². The molecule has 7 nitrogen and oxygen atoms in total. The molecular formula is C26H27ClN4O3. The van der Waals surface area contributed by atoms with Crippen LogP contribution in [0.15, 0.2) is 48.7 Å². The Hall–Kier alpha value is -3.50. The zero-order chi connectivity index (χ0) is 24.5. The second-order valence-electron chi connectivity index (χ2n) is 8.81. The lowest BCUT2D eigenvalue weighted by molar-refractivity contribution is -0.129. The quantitative estimate of drug-likeness (QED) is 0.553. The van der Waals surface area contributed by atoms with Crippen LogP contribution in [0, 0.1) is 11.3 Å². The van der Waals surface area contributed by atoms with Crippen molar-refractivity contribution in [1.29, 1.82) is 5.26 Å². The molecule has 2 aromatic carbocycles. The van der Waals surface area contributed by atoms with Crippen LogP contribution in [0.3, 0.4) is 0 Å². The Kier molecular flexibility index (Phi) is 6.54. The largest absolute Gasteiger partial charge is 0.496 e. The fourth-order valence-electron chi connectivity index (χ4n) is 4.60. The normalized spacial score (nSPS) is 15.1. The van der Waals surface area contributed by atoms with Gasteiger partial charge in [-0.05, 0) is 31.0 Å². The highest BCUT2D eigenvalue weighted by Crippen LogP contribution is 2.40. The number of rotatable bonds is 5. The second-order valence-corrected chi connectivity index (χ2v) is 9.24. The number of nitrogens with zero attached hydrogens (tertiary/aromatic N) is 4. The molecular weight excluding hydrogens is 452 g/mol. The van der Waals surface area contributed by atoms with Crippen molar-refractivity contribution in [3.63, 3.8) is 0 Å². The smallest absolute Gasteiger partial charge is 0.256 e. The minimum Gasteiger partial charge on any atom is -0.496 e. The van der Waals surface area contributed by atoms with E-state index < -0.39 is 5.41 Å². The Bertz CT molecular complexity index is 1280. The Morgan fingerprint density at radius 2 is 1.88 bits per heavy atom. The minimum absolute atomic E-state index is 0.0792. The number of fused-ring (bicyclic) bond motifs is 1. The Balaban J connectivity index is 1.62. The third-order valence-electron chi connectivity index (χ3n) is 6.62. The Morgan fingerprint density at radius 1 is 1.18 bits per heavy atom. The first kappa shape index (κ1) is 23.7. The van der Waals surface area contributed by atoms with E-state index in [2.05, 4.69) is 6.07 Å². The van der Waals surface area contributed by atoms with Crippen molar-refractivity contribution in [2.24, 2.45) is 0 Å². The lowest BCUT2D eigenvalue weighted by atomic mass is 9.73. The first-order valence-electron chi connectivity index (χ1n) is 11.1. The number of para-hydroxylation sites is 1. The number of ether oxygens (including phenoxy) is 1. The molecule has 0 N–H and O–H groups in total. The van der Waals surface area contributed by atoms with Gasteiger partial charge in [0, 0.05) is 49.4 Å². The molecule has 1 aliphatic rings. The molecule has 0 aliphatic carbocycles. The summed E-state index contributed by atoms with van der Waals surface area (Å²) >= 11 is 6.21. The van der Waals surface area contributed by atoms with Crippen LogP contribution in [-0.4, -0.2) is 60.5 Å². The highest BCUT2D eigenvalue weighted by Gasteiger charge is 2.40. The number of carbonyl (C=O) groups excluding carboxylic acids is 2. The predicted octanol–water partition coefficient (Wildman–Crippen LogP) is 4.09. The van der Waals surface area contributed by atoms with Crippen LogP contribution in [0.1, 0.15) is 28.8 Å². The standard InChI is InChI=1S/C26H27ClN4O3/c1-29(2)24(32)16-31-15-20(19-9-8-18(27)14-22(19)31)25(33)30-12-10-26(17-28,11-13-30)21-6-4-5-7-23(21)34-3/h4-9,14-15H,10-13,16H2,1-3H3. The third-order valence-corrected chi connectivity index (χ3v) is 6.85. The zero-order valence-corrected chi connectivity index (χ0v) is 20.3. The highest BCUT2D eigenvalue weighted by atomic mass is 35.5. The van der Waals surface area contributed by atoms with Gasteiger partial charge in [0.1, 0.15) is 12.3 Å². The molecule has 8 heteroatoms. The molecule has 0 spiro atoms. The van der Waals surface area contributed by atoms with Gasteiger partial charge in [0.15, 0.2) is 0 Å². The summed E-state index contributed by atoms with van der Waals surface area (Å²) in [4.78, 5) is 29.2. The number of piperidine rings is 1. The molecule has 0 saturated carbocycles. The van der Waals surface area contributed by atoms with Crippen molar-refractivity contribution in [2.45, 2.75) is 24.8 Å². The van der Waals surface area contributed by atoms with Gasteiger partial charge in [0.2, 0.25) is 5.91 Å². The van der Waals surface area contributed by atoms with E-state index in [1.807, 2.05) is 30.3 Å². The van der Waals surface area contributed by atoms with Crippen LogP contribution < -0.4 is 4.74 Å². The number of hydrogen-bond donors (Lipinski definition) is 0. The predicted molar refractivity (Wildman–Crippen MR) is 131 cm³/mol. The van der Waals surface area contributed by atoms with Crippen LogP contribution in [0.4, 0.5) is 0 Å². The van der Waals surface area contributed by atoms with Crippen molar-refractivity contribution in [1.82, 2.24) is 14.4 Å². The molecule has 34 heavy (non-hydrogen) atoms. The van der Waals surface area contributed by atoms with E-state index in [1.165, 1.54) is 4.90 Å². The lowest BCUT2D eigenvalue weighted by Gasteiger charge is -2.38. The van der Waals surface area contributed by atoms with Crippen molar-refractivity contribution in [2.75, 3.05) is 34.3 Å². The summed E-state index contributed by atoms with van der Waals surface area (Å²) in [5, 5.41) is 11.4. The molecule has 176 valence electrons. The summed E-state index contributed by atoms with van der Waals surface area (Å²) in [6.45, 7) is 1.01. The van der Waals surface area contributed by atoms with Crippen molar-refractivity contribution < 1.29 is 14.3 Å². The van der Waals surface area contributed by atoms with Gasteiger partial charge in [-0.15, -0.1) is 0 Å². The van der Waals surface area contributed by atoms with Gasteiger partial charge >= 0.3 is 0 Å². The molecule has 1 aromatic heterocycles. The molecule has 0 radical (unpaired) electrons. The van der Waals surface area contributed by atoms with E-state index >= 15 is 0 Å². The number of nitriles is 1. The van der Waals surface area contributed by atoms with Gasteiger partial charge in [-0.3, -0.25) is 9.59 Å². The summed E-state index contributed by atoms with van der Waals surface area (Å²) in [5.74, 6) is 0.494. The van der Waals surface area contributed by atoms with Crippen molar-refractivity contribution in [3.05, 3.63) is 64.8 Å². The summed E-state index contributed by atoms with van der Waals surface area (Å²) in [7, 11) is 5.00. The lowest BCUT2D eigenvalue weighted by Crippen LogP contribution is -2.44. The Labute approximate surface area is 204 Å². The third kappa shape index (κ3) is 4.22. The molecule has 0 unspecified atom stereocenters. The number of carbonyl (C=O) groups is 2. The number of aromatic nitrogens is 1. The number of likely N-dealkylation sites (N-methyl/N-ethyl adjacent to an activating group) is 1. The molecule has 0 bridgehead atoms. The van der Waals surface area contributed by atoms with Gasteiger partial charge in [-0.25, -0.2) is 0 Å². The topological polar surface area (TPSA) is 78.6 Å². The summed E-state index contributed by atoms with van der Waals surface area (Å²) in [6, 6.07) is 15.4. The number of hydrogen-bond acceptors (Lipinski definition) is 4. The molecule has 1 aliphatic heterocycles. The Morgan fingerprint density at radius 3 is 2.53 bits per heavy atom. The van der Waals surface area contributed by atoms with Crippen LogP contribution >= 0.6 is 11.6 Å². The molecule has 3 aromatic rings. The number of amides is 2. The highest BCUT2D eigenvalue weighted by molar-refractivity contribution is 6.31. The van der Waals surface area contributed by atoms with Gasteiger partial charge < -0.3 is 19.1 Å². The molecule has 0 atom stereocenters. The maximum Gasteiger partial charge on any atom is 0.256 e. The van der Waals surface area contributed by atoms with Crippen LogP contribution in [0.2, 0.25) is 5.02 Å². The minimum atomic E-state index is -0.705. The maximum atomic E-state index is 13.6. The fraction of sp³-hybridized carbons (Fsp3) is 0.346. The second kappa shape index (κ2) is 9.40. The van der Waals surface area contributed by atoms with Crippen LogP contribution in [0.25, 0.3) is 10.9 Å². The average Bonchev–Trinajstić information content (AvgIpc) is 3.20. The summed E-state index contributed by atoms with van der Waals surface area (Å²) < 4.78 is 7.27. The molecule has 1 fully saturated rings. The summed E-state index contributed by atoms with van der Waals surface area (Å²) in [5.41, 5.74) is 1.42. The van der Waals surface area contributed by atoms with E-state index in [4.69, 9.17) is 16.3 Å². The average molecular weight is 479 g/mol. The number of halogens is 1. The number of likely N-dealkylation sites (tertiary alicyclic amines) is 1. The number of methoxy groups -OCH3 is 1. The first-order valence-corrected chi connectivity index (χ1v) is 11.5. The van der Waals surface area contributed by atoms with Crippen LogP contribution in [0.5, 0.6) is 5.75 Å². The van der Waals surface area contributed by atoms with Crippen molar-refractivity contribution >= 4 is 34.3 Å². The maximum absolute atomic E-state index is 13.6. The van der Waals surface area contributed by atoms with Gasteiger partial charge in [0.25, 0.3) is 5.91 Å².